The van der Waals surface area contributed by atoms with Gasteiger partial charge in [0.05, 0.1) is 5.69 Å². The van der Waals surface area contributed by atoms with E-state index in [4.69, 9.17) is 11.5 Å². The molecule has 0 fully saturated rings. The third-order valence-corrected chi connectivity index (χ3v) is 5.75. The van der Waals surface area contributed by atoms with Crippen LogP contribution in [-0.4, -0.2) is 15.9 Å². The fourth-order valence-electron chi connectivity index (χ4n) is 2.77. The zero-order valence-corrected chi connectivity index (χ0v) is 15.4. The molecule has 132 valence electrons. The number of carbonyl (C=O) groups excluding carboxylic acids is 1. The molecule has 0 radical (unpaired) electrons. The van der Waals surface area contributed by atoms with Crippen molar-refractivity contribution in [3.05, 3.63) is 51.8 Å². The molecule has 5 N–H and O–H groups in total. The number of pyridine rings is 2. The van der Waals surface area contributed by atoms with Gasteiger partial charge in [0.1, 0.15) is 27.2 Å². The van der Waals surface area contributed by atoms with Crippen molar-refractivity contribution in [3.8, 4) is 17.2 Å². The number of anilines is 3. The van der Waals surface area contributed by atoms with Crippen molar-refractivity contribution < 1.29 is 4.79 Å². The van der Waals surface area contributed by atoms with Gasteiger partial charge in [-0.2, -0.15) is 16.6 Å². The standard InChI is InChI=1S/C18H12N6OS2/c19-7-11-12(9-3-6-26-8-9)13-14(20)15(27-18(13)24-16(11)21)17(25)23-10-1-4-22-5-2-10/h1-6,8H,20H2,(H2,21,24)(H,22,23,25). The summed E-state index contributed by atoms with van der Waals surface area (Å²) in [6.07, 6.45) is 3.17. The number of rotatable bonds is 3. The lowest BCUT2D eigenvalue weighted by Crippen LogP contribution is -2.11. The molecule has 0 aliphatic carbocycles. The minimum atomic E-state index is -0.352. The summed E-state index contributed by atoms with van der Waals surface area (Å²) >= 11 is 2.64. The molecule has 0 unspecified atom stereocenters. The Balaban J connectivity index is 1.91. The highest BCUT2D eigenvalue weighted by Crippen LogP contribution is 2.43. The van der Waals surface area contributed by atoms with E-state index in [9.17, 15) is 10.1 Å². The maximum atomic E-state index is 12.7. The van der Waals surface area contributed by atoms with Crippen LogP contribution in [0.25, 0.3) is 21.3 Å². The van der Waals surface area contributed by atoms with Gasteiger partial charge in [0.25, 0.3) is 5.91 Å². The molecule has 9 heteroatoms. The lowest BCUT2D eigenvalue weighted by atomic mass is 9.99. The van der Waals surface area contributed by atoms with Crippen LogP contribution in [0.4, 0.5) is 17.2 Å². The van der Waals surface area contributed by atoms with Gasteiger partial charge in [0, 0.05) is 29.0 Å². The number of nitrogen functional groups attached to an aromatic ring is 2. The lowest BCUT2D eigenvalue weighted by Gasteiger charge is -2.08. The van der Waals surface area contributed by atoms with E-state index in [1.165, 1.54) is 11.3 Å². The van der Waals surface area contributed by atoms with E-state index in [1.54, 1.807) is 24.5 Å². The zero-order valence-electron chi connectivity index (χ0n) is 13.8. The maximum absolute atomic E-state index is 12.7. The van der Waals surface area contributed by atoms with Crippen LogP contribution in [0, 0.1) is 11.3 Å². The van der Waals surface area contributed by atoms with E-state index in [1.807, 2.05) is 16.8 Å². The number of nitrogens with zero attached hydrogens (tertiary/aromatic N) is 3. The minimum absolute atomic E-state index is 0.119. The molecule has 0 saturated carbocycles. The molecular formula is C18H12N6OS2. The smallest absolute Gasteiger partial charge is 0.267 e. The van der Waals surface area contributed by atoms with Gasteiger partial charge in [-0.05, 0) is 34.5 Å². The number of nitrogens with two attached hydrogens (primary N) is 2. The van der Waals surface area contributed by atoms with Crippen LogP contribution in [0.15, 0.2) is 41.4 Å². The minimum Gasteiger partial charge on any atom is -0.397 e. The van der Waals surface area contributed by atoms with Crippen molar-refractivity contribution in [1.29, 1.82) is 5.26 Å². The molecule has 0 aromatic carbocycles. The Labute approximate surface area is 161 Å². The summed E-state index contributed by atoms with van der Waals surface area (Å²) < 4.78 is 0. The highest BCUT2D eigenvalue weighted by Gasteiger charge is 2.24. The summed E-state index contributed by atoms with van der Waals surface area (Å²) in [5.74, 6) is -0.233. The summed E-state index contributed by atoms with van der Waals surface area (Å²) in [6.45, 7) is 0. The Morgan fingerprint density at radius 1 is 1.22 bits per heavy atom. The second-order valence-corrected chi connectivity index (χ2v) is 7.37. The molecule has 7 nitrogen and oxygen atoms in total. The average Bonchev–Trinajstić information content (AvgIpc) is 3.30. The summed E-state index contributed by atoms with van der Waals surface area (Å²) in [6, 6.07) is 7.36. The highest BCUT2D eigenvalue weighted by molar-refractivity contribution is 7.21. The topological polar surface area (TPSA) is 131 Å². The van der Waals surface area contributed by atoms with Crippen LogP contribution in [0.2, 0.25) is 0 Å². The number of hydrogen-bond acceptors (Lipinski definition) is 8. The van der Waals surface area contributed by atoms with Gasteiger partial charge >= 0.3 is 0 Å². The zero-order chi connectivity index (χ0) is 19.0. The van der Waals surface area contributed by atoms with E-state index in [2.05, 4.69) is 21.4 Å². The first kappa shape index (κ1) is 17.0. The number of nitrogens with one attached hydrogen (secondary N) is 1. The first-order valence-corrected chi connectivity index (χ1v) is 9.51. The molecule has 0 atom stereocenters. The number of carbonyl (C=O) groups is 1. The molecule has 0 bridgehead atoms. The summed E-state index contributed by atoms with van der Waals surface area (Å²) in [5, 5.41) is 16.7. The van der Waals surface area contributed by atoms with Gasteiger partial charge in [0.2, 0.25) is 0 Å². The summed E-state index contributed by atoms with van der Waals surface area (Å²) in [7, 11) is 0. The Hall–Kier alpha value is -3.48. The fraction of sp³-hybridized carbons (Fsp3) is 0. The van der Waals surface area contributed by atoms with Crippen molar-refractivity contribution in [2.24, 2.45) is 0 Å². The van der Waals surface area contributed by atoms with Crippen molar-refractivity contribution in [3.63, 3.8) is 0 Å². The third-order valence-electron chi connectivity index (χ3n) is 3.97. The second kappa shape index (κ2) is 6.68. The van der Waals surface area contributed by atoms with E-state index < -0.39 is 0 Å². The predicted molar refractivity (Wildman–Crippen MR) is 109 cm³/mol. The molecule has 27 heavy (non-hydrogen) atoms. The number of fused-ring (bicyclic) bond motifs is 1. The Kier molecular flexibility index (Phi) is 4.19. The van der Waals surface area contributed by atoms with Gasteiger partial charge < -0.3 is 16.8 Å². The molecule has 0 aliphatic heterocycles. The quantitative estimate of drug-likeness (QED) is 0.487. The molecule has 4 rings (SSSR count). The molecule has 1 amide bonds. The Bertz CT molecular complexity index is 1190. The Morgan fingerprint density at radius 2 is 2.00 bits per heavy atom. The van der Waals surface area contributed by atoms with Gasteiger partial charge in [-0.25, -0.2) is 4.98 Å². The molecule has 0 spiro atoms. The number of amides is 1. The highest BCUT2D eigenvalue weighted by atomic mass is 32.1. The largest absolute Gasteiger partial charge is 0.397 e. The first-order valence-electron chi connectivity index (χ1n) is 7.75. The Morgan fingerprint density at radius 3 is 2.67 bits per heavy atom. The molecule has 0 aliphatic rings. The van der Waals surface area contributed by atoms with Crippen LogP contribution in [0.1, 0.15) is 15.2 Å². The van der Waals surface area contributed by atoms with Crippen molar-refractivity contribution >= 4 is 56.0 Å². The molecule has 4 aromatic rings. The second-order valence-electron chi connectivity index (χ2n) is 5.59. The van der Waals surface area contributed by atoms with E-state index in [0.717, 1.165) is 16.9 Å². The molecule has 0 saturated heterocycles. The van der Waals surface area contributed by atoms with Gasteiger partial charge in [-0.1, -0.05) is 0 Å². The van der Waals surface area contributed by atoms with Gasteiger partial charge in [-0.15, -0.1) is 11.3 Å². The van der Waals surface area contributed by atoms with Crippen LogP contribution in [0.5, 0.6) is 0 Å². The number of aromatic nitrogens is 2. The first-order chi connectivity index (χ1) is 13.1. The van der Waals surface area contributed by atoms with E-state index >= 15 is 0 Å². The van der Waals surface area contributed by atoms with Crippen molar-refractivity contribution in [2.75, 3.05) is 16.8 Å². The van der Waals surface area contributed by atoms with E-state index in [-0.39, 0.29) is 23.0 Å². The number of nitriles is 1. The molecule has 4 heterocycles. The van der Waals surface area contributed by atoms with Gasteiger partial charge in [0.15, 0.2) is 0 Å². The maximum Gasteiger partial charge on any atom is 0.267 e. The van der Waals surface area contributed by atoms with Crippen molar-refractivity contribution in [1.82, 2.24) is 9.97 Å². The molecular weight excluding hydrogens is 380 g/mol. The molecule has 4 aromatic heterocycles. The van der Waals surface area contributed by atoms with Crippen molar-refractivity contribution in [2.45, 2.75) is 0 Å². The van der Waals surface area contributed by atoms with Gasteiger partial charge in [-0.3, -0.25) is 9.78 Å². The van der Waals surface area contributed by atoms with E-state index in [0.29, 0.717) is 26.3 Å². The normalized spacial score (nSPS) is 10.6. The monoisotopic (exact) mass is 392 g/mol. The third kappa shape index (κ3) is 2.87. The van der Waals surface area contributed by atoms with Crippen LogP contribution in [-0.2, 0) is 0 Å². The predicted octanol–water partition coefficient (Wildman–Crippen LogP) is 3.71. The summed E-state index contributed by atoms with van der Waals surface area (Å²) in [5.41, 5.74) is 14.9. The number of thiophene rings is 2. The van der Waals surface area contributed by atoms with Crippen LogP contribution < -0.4 is 16.8 Å². The number of hydrogen-bond donors (Lipinski definition) is 3. The average molecular weight is 392 g/mol. The van der Waals surface area contributed by atoms with Crippen LogP contribution >= 0.6 is 22.7 Å². The lowest BCUT2D eigenvalue weighted by molar-refractivity contribution is 0.103. The van der Waals surface area contributed by atoms with Crippen LogP contribution in [0.3, 0.4) is 0 Å². The SMILES string of the molecule is N#Cc1c(N)nc2sc(C(=O)Nc3ccncc3)c(N)c2c1-c1ccsc1. The summed E-state index contributed by atoms with van der Waals surface area (Å²) in [4.78, 5) is 21.8. The fourth-order valence-corrected chi connectivity index (χ4v) is 4.42.